The number of carbonyl (C=O) groups is 4. The molecule has 0 bridgehead atoms. The van der Waals surface area contributed by atoms with E-state index in [0.29, 0.717) is 4.90 Å². The summed E-state index contributed by atoms with van der Waals surface area (Å²) in [5.74, 6) is -1.44. The summed E-state index contributed by atoms with van der Waals surface area (Å²) in [6.07, 6.45) is 1.07. The van der Waals surface area contributed by atoms with Crippen molar-refractivity contribution < 1.29 is 33.4 Å². The normalized spacial score (nSPS) is 13.1. The number of esters is 1. The van der Waals surface area contributed by atoms with Crippen LogP contribution in [0.1, 0.15) is 54.0 Å². The number of imide groups is 1. The van der Waals surface area contributed by atoms with Gasteiger partial charge in [-0.2, -0.15) is 10.00 Å². The Labute approximate surface area is 223 Å². The molecule has 1 N–H and O–H groups in total. The molecule has 208 valence electrons. The zero-order chi connectivity index (χ0) is 28.5. The number of rotatable bonds is 9. The van der Waals surface area contributed by atoms with E-state index < -0.39 is 47.3 Å². The largest absolute Gasteiger partial charge is 0.464 e. The van der Waals surface area contributed by atoms with Gasteiger partial charge in [-0.3, -0.25) is 9.48 Å². The van der Waals surface area contributed by atoms with Gasteiger partial charge in [0.25, 0.3) is 0 Å². The molecule has 11 nitrogen and oxygen atoms in total. The van der Waals surface area contributed by atoms with E-state index >= 15 is 0 Å². The average molecular weight is 531 g/mol. The zero-order valence-electron chi connectivity index (χ0n) is 23.1. The summed E-state index contributed by atoms with van der Waals surface area (Å²) in [7, 11) is 0. The summed E-state index contributed by atoms with van der Waals surface area (Å²) in [5, 5.41) is 6.78. The molecule has 0 unspecified atom stereocenters. The highest BCUT2D eigenvalue weighted by molar-refractivity contribution is 5.96. The third-order valence-electron chi connectivity index (χ3n) is 4.88. The molecule has 38 heavy (non-hydrogen) atoms. The quantitative estimate of drug-likeness (QED) is 0.384. The SMILES string of the molecule is CCOC(=O)[C@H](Cc1ccccc1)NC(=O)[C@@H](Cn1cccn1)N(C(=O)OC(C)(C)C)C(=O)OC(C)(C)C. The maximum atomic E-state index is 13.7. The van der Waals surface area contributed by atoms with Gasteiger partial charge in [0.2, 0.25) is 5.91 Å². The molecule has 0 radical (unpaired) electrons. The molecular weight excluding hydrogens is 492 g/mol. The van der Waals surface area contributed by atoms with Crippen LogP contribution in [0.4, 0.5) is 9.59 Å². The van der Waals surface area contributed by atoms with Crippen molar-refractivity contribution in [1.82, 2.24) is 20.0 Å². The first-order valence-corrected chi connectivity index (χ1v) is 12.4. The molecule has 0 aliphatic heterocycles. The third-order valence-corrected chi connectivity index (χ3v) is 4.88. The Morgan fingerprint density at radius 3 is 2.00 bits per heavy atom. The minimum absolute atomic E-state index is 0.110. The Morgan fingerprint density at radius 2 is 1.53 bits per heavy atom. The molecule has 0 spiro atoms. The molecule has 0 aliphatic carbocycles. The maximum Gasteiger partial charge on any atom is 0.420 e. The Bertz CT molecular complexity index is 1050. The Hall–Kier alpha value is -3.89. The lowest BCUT2D eigenvalue weighted by atomic mass is 10.1. The van der Waals surface area contributed by atoms with Crippen molar-refractivity contribution in [1.29, 1.82) is 0 Å². The number of hydrogen-bond acceptors (Lipinski definition) is 8. The van der Waals surface area contributed by atoms with Crippen LogP contribution in [0, 0.1) is 0 Å². The Kier molecular flexibility index (Phi) is 10.4. The number of aromatic nitrogens is 2. The van der Waals surface area contributed by atoms with Crippen molar-refractivity contribution in [3.05, 3.63) is 54.4 Å². The average Bonchev–Trinajstić information content (AvgIpc) is 3.30. The second-order valence-electron chi connectivity index (χ2n) is 10.6. The van der Waals surface area contributed by atoms with Gasteiger partial charge >= 0.3 is 18.2 Å². The van der Waals surface area contributed by atoms with Gasteiger partial charge in [-0.25, -0.2) is 14.4 Å². The van der Waals surface area contributed by atoms with Gasteiger partial charge in [0, 0.05) is 18.8 Å². The molecule has 1 heterocycles. The molecule has 2 aromatic rings. The van der Waals surface area contributed by atoms with E-state index in [0.717, 1.165) is 5.56 Å². The van der Waals surface area contributed by atoms with Gasteiger partial charge in [0.05, 0.1) is 13.2 Å². The maximum absolute atomic E-state index is 13.7. The van der Waals surface area contributed by atoms with E-state index in [4.69, 9.17) is 14.2 Å². The molecule has 3 amide bonds. The number of ether oxygens (including phenoxy) is 3. The molecule has 1 aromatic carbocycles. The van der Waals surface area contributed by atoms with Crippen LogP contribution in [0.25, 0.3) is 0 Å². The molecule has 2 rings (SSSR count). The number of hydrogen-bond donors (Lipinski definition) is 1. The van der Waals surface area contributed by atoms with Crippen LogP contribution >= 0.6 is 0 Å². The second-order valence-corrected chi connectivity index (χ2v) is 10.6. The lowest BCUT2D eigenvalue weighted by Gasteiger charge is -2.33. The molecule has 11 heteroatoms. The lowest BCUT2D eigenvalue weighted by Crippen LogP contribution is -2.58. The molecule has 0 aliphatic rings. The minimum Gasteiger partial charge on any atom is -0.464 e. The van der Waals surface area contributed by atoms with Gasteiger partial charge in [-0.05, 0) is 60.1 Å². The van der Waals surface area contributed by atoms with Crippen LogP contribution in [0.2, 0.25) is 0 Å². The van der Waals surface area contributed by atoms with E-state index in [9.17, 15) is 19.2 Å². The predicted octanol–water partition coefficient (Wildman–Crippen LogP) is 3.71. The summed E-state index contributed by atoms with van der Waals surface area (Å²) in [5.41, 5.74) is -1.15. The van der Waals surface area contributed by atoms with Gasteiger partial charge in [-0.15, -0.1) is 0 Å². The van der Waals surface area contributed by atoms with Crippen LogP contribution in [0.5, 0.6) is 0 Å². The van der Waals surface area contributed by atoms with Gasteiger partial charge < -0.3 is 19.5 Å². The fourth-order valence-electron chi connectivity index (χ4n) is 3.37. The number of nitrogens with zero attached hydrogens (tertiary/aromatic N) is 3. The standard InChI is InChI=1S/C27H38N4O7/c1-8-36-23(33)20(17-19-13-10-9-11-14-19)29-22(32)21(18-30-16-12-15-28-30)31(24(34)37-26(2,3)4)25(35)38-27(5,6)7/h9-16,20-21H,8,17-18H2,1-7H3,(H,29,32)/t20-,21+/m0/s1. The number of amides is 3. The number of benzene rings is 1. The van der Waals surface area contributed by atoms with Crippen LogP contribution in [0.15, 0.2) is 48.8 Å². The van der Waals surface area contributed by atoms with E-state index in [2.05, 4.69) is 10.4 Å². The van der Waals surface area contributed by atoms with Crippen molar-refractivity contribution in [2.45, 2.75) is 84.7 Å². The highest BCUT2D eigenvalue weighted by Gasteiger charge is 2.41. The number of nitrogens with one attached hydrogen (secondary N) is 1. The van der Waals surface area contributed by atoms with E-state index in [1.54, 1.807) is 60.7 Å². The molecule has 1 aromatic heterocycles. The van der Waals surface area contributed by atoms with Crippen molar-refractivity contribution in [2.75, 3.05) is 6.61 Å². The highest BCUT2D eigenvalue weighted by Crippen LogP contribution is 2.18. The van der Waals surface area contributed by atoms with Crippen molar-refractivity contribution in [2.24, 2.45) is 0 Å². The van der Waals surface area contributed by atoms with Gasteiger partial charge in [-0.1, -0.05) is 30.3 Å². The fraction of sp³-hybridized carbons (Fsp3) is 0.519. The summed E-state index contributed by atoms with van der Waals surface area (Å²) in [4.78, 5) is 53.7. The van der Waals surface area contributed by atoms with Crippen molar-refractivity contribution >= 4 is 24.1 Å². The van der Waals surface area contributed by atoms with E-state index in [-0.39, 0.29) is 19.6 Å². The molecule has 0 saturated heterocycles. The summed E-state index contributed by atoms with van der Waals surface area (Å²) >= 11 is 0. The summed E-state index contributed by atoms with van der Waals surface area (Å²) < 4.78 is 17.5. The predicted molar refractivity (Wildman–Crippen MR) is 139 cm³/mol. The second kappa shape index (κ2) is 13.1. The van der Waals surface area contributed by atoms with Crippen molar-refractivity contribution in [3.63, 3.8) is 0 Å². The van der Waals surface area contributed by atoms with E-state index in [1.807, 2.05) is 30.3 Å². The topological polar surface area (TPSA) is 129 Å². The third kappa shape index (κ3) is 9.87. The van der Waals surface area contributed by atoms with Crippen LogP contribution in [0.3, 0.4) is 0 Å². The monoisotopic (exact) mass is 530 g/mol. The first kappa shape index (κ1) is 30.3. The minimum atomic E-state index is -1.47. The van der Waals surface area contributed by atoms with E-state index in [1.165, 1.54) is 10.9 Å². The van der Waals surface area contributed by atoms with Crippen LogP contribution in [-0.2, 0) is 36.8 Å². The zero-order valence-corrected chi connectivity index (χ0v) is 23.1. The van der Waals surface area contributed by atoms with Crippen LogP contribution in [-0.4, -0.2) is 68.6 Å². The summed E-state index contributed by atoms with van der Waals surface area (Å²) in [6, 6.07) is 8.18. The number of carbonyl (C=O) groups excluding carboxylic acids is 4. The summed E-state index contributed by atoms with van der Waals surface area (Å²) in [6.45, 7) is 11.4. The Morgan fingerprint density at radius 1 is 0.947 bits per heavy atom. The molecule has 0 fully saturated rings. The first-order chi connectivity index (χ1) is 17.7. The van der Waals surface area contributed by atoms with Crippen molar-refractivity contribution in [3.8, 4) is 0 Å². The molecule has 2 atom stereocenters. The first-order valence-electron chi connectivity index (χ1n) is 12.4. The molecular formula is C27H38N4O7. The van der Waals surface area contributed by atoms with Gasteiger partial charge in [0.15, 0.2) is 0 Å². The Balaban J connectivity index is 2.48. The smallest absolute Gasteiger partial charge is 0.420 e. The molecule has 0 saturated carbocycles. The lowest BCUT2D eigenvalue weighted by molar-refractivity contribution is -0.148. The van der Waals surface area contributed by atoms with Gasteiger partial charge in [0.1, 0.15) is 23.3 Å². The highest BCUT2D eigenvalue weighted by atomic mass is 16.6. The fourth-order valence-corrected chi connectivity index (χ4v) is 3.37. The van der Waals surface area contributed by atoms with Crippen LogP contribution < -0.4 is 5.32 Å².